The van der Waals surface area contributed by atoms with E-state index in [0.29, 0.717) is 17.9 Å². The van der Waals surface area contributed by atoms with E-state index in [0.717, 1.165) is 12.8 Å². The van der Waals surface area contributed by atoms with Gasteiger partial charge < -0.3 is 10.1 Å². The van der Waals surface area contributed by atoms with E-state index in [1.165, 1.54) is 6.07 Å². The molecule has 0 bridgehead atoms. The van der Waals surface area contributed by atoms with E-state index >= 15 is 0 Å². The predicted molar refractivity (Wildman–Crippen MR) is 90.0 cm³/mol. The summed E-state index contributed by atoms with van der Waals surface area (Å²) in [5.74, 6) is 0.304. The average Bonchev–Trinajstić information content (AvgIpc) is 2.51. The first-order chi connectivity index (χ1) is 10.8. The molecule has 0 saturated carbocycles. The molecule has 0 fully saturated rings. The summed E-state index contributed by atoms with van der Waals surface area (Å²) in [6.45, 7) is 7.87. The molecule has 0 aromatic heterocycles. The van der Waals surface area contributed by atoms with Crippen molar-refractivity contribution in [1.29, 1.82) is 0 Å². The van der Waals surface area contributed by atoms with Crippen molar-refractivity contribution < 1.29 is 17.9 Å². The lowest BCUT2D eigenvalue weighted by atomic mass is 10.2. The van der Waals surface area contributed by atoms with Crippen LogP contribution in [-0.4, -0.2) is 33.5 Å². The maximum atomic E-state index is 12.1. The van der Waals surface area contributed by atoms with Crippen molar-refractivity contribution in [2.75, 3.05) is 13.2 Å². The SMILES string of the molecule is CCCNS(=O)(=O)c1ccc(OCC(=O)N[C@@H](C)CC)c(C)c1. The number of ether oxygens (including phenoxy) is 1. The van der Waals surface area contributed by atoms with Crippen LogP contribution in [0.3, 0.4) is 0 Å². The minimum absolute atomic E-state index is 0.0919. The summed E-state index contributed by atoms with van der Waals surface area (Å²) in [4.78, 5) is 11.9. The largest absolute Gasteiger partial charge is 0.484 e. The molecular weight excluding hydrogens is 316 g/mol. The maximum Gasteiger partial charge on any atom is 0.258 e. The monoisotopic (exact) mass is 342 g/mol. The van der Waals surface area contributed by atoms with E-state index in [2.05, 4.69) is 10.0 Å². The highest BCUT2D eigenvalue weighted by Gasteiger charge is 2.15. The molecular formula is C16H26N2O4S. The molecule has 0 aliphatic heterocycles. The van der Waals surface area contributed by atoms with E-state index in [1.54, 1.807) is 19.1 Å². The van der Waals surface area contributed by atoms with Gasteiger partial charge in [0.1, 0.15) is 5.75 Å². The maximum absolute atomic E-state index is 12.1. The van der Waals surface area contributed by atoms with Crippen LogP contribution in [0.15, 0.2) is 23.1 Å². The van der Waals surface area contributed by atoms with Gasteiger partial charge in [0.25, 0.3) is 5.91 Å². The molecule has 23 heavy (non-hydrogen) atoms. The third-order valence-corrected chi connectivity index (χ3v) is 4.84. The number of aryl methyl sites for hydroxylation is 1. The second-order valence-electron chi connectivity index (χ2n) is 5.49. The average molecular weight is 342 g/mol. The molecule has 1 rings (SSSR count). The lowest BCUT2D eigenvalue weighted by molar-refractivity contribution is -0.123. The Hall–Kier alpha value is -1.60. The highest BCUT2D eigenvalue weighted by molar-refractivity contribution is 7.89. The second kappa shape index (κ2) is 8.88. The van der Waals surface area contributed by atoms with Crippen LogP contribution < -0.4 is 14.8 Å². The minimum atomic E-state index is -3.50. The topological polar surface area (TPSA) is 84.5 Å². The van der Waals surface area contributed by atoms with Gasteiger partial charge in [-0.05, 0) is 50.5 Å². The molecule has 0 saturated heterocycles. The number of carbonyl (C=O) groups excluding carboxylic acids is 1. The fraction of sp³-hybridized carbons (Fsp3) is 0.562. The highest BCUT2D eigenvalue weighted by Crippen LogP contribution is 2.21. The summed E-state index contributed by atoms with van der Waals surface area (Å²) in [6.07, 6.45) is 1.58. The summed E-state index contributed by atoms with van der Waals surface area (Å²) in [7, 11) is -3.50. The predicted octanol–water partition coefficient (Wildman–Crippen LogP) is 1.98. The Bertz CT molecular complexity index is 629. The lowest BCUT2D eigenvalue weighted by Gasteiger charge is -2.14. The van der Waals surface area contributed by atoms with Gasteiger partial charge in [-0.1, -0.05) is 13.8 Å². The van der Waals surface area contributed by atoms with Crippen molar-refractivity contribution >= 4 is 15.9 Å². The number of rotatable bonds is 9. The van der Waals surface area contributed by atoms with Gasteiger partial charge in [0.05, 0.1) is 4.90 Å². The summed E-state index contributed by atoms with van der Waals surface area (Å²) in [5, 5.41) is 2.81. The molecule has 1 aromatic rings. The Balaban J connectivity index is 2.72. The molecule has 1 amide bonds. The van der Waals surface area contributed by atoms with Gasteiger partial charge in [0.2, 0.25) is 10.0 Å². The van der Waals surface area contributed by atoms with Crippen molar-refractivity contribution in [1.82, 2.24) is 10.0 Å². The van der Waals surface area contributed by atoms with Crippen LogP contribution in [0, 0.1) is 6.92 Å². The van der Waals surface area contributed by atoms with Crippen molar-refractivity contribution in [3.8, 4) is 5.75 Å². The minimum Gasteiger partial charge on any atom is -0.484 e. The van der Waals surface area contributed by atoms with E-state index in [-0.39, 0.29) is 23.5 Å². The first-order valence-electron chi connectivity index (χ1n) is 7.82. The Morgan fingerprint density at radius 3 is 2.57 bits per heavy atom. The fourth-order valence-electron chi connectivity index (χ4n) is 1.83. The standard InChI is InChI=1S/C16H26N2O4S/c1-5-9-17-23(20,21)14-7-8-15(12(3)10-14)22-11-16(19)18-13(4)6-2/h7-8,10,13,17H,5-6,9,11H2,1-4H3,(H,18,19)/t13-/m0/s1. The van der Waals surface area contributed by atoms with Crippen molar-refractivity contribution in [2.24, 2.45) is 0 Å². The summed E-state index contributed by atoms with van der Waals surface area (Å²) in [6, 6.07) is 4.70. The summed E-state index contributed by atoms with van der Waals surface area (Å²) < 4.78 is 32.1. The van der Waals surface area contributed by atoms with E-state index in [4.69, 9.17) is 4.74 Å². The molecule has 2 N–H and O–H groups in total. The number of amides is 1. The van der Waals surface area contributed by atoms with Crippen molar-refractivity contribution in [3.05, 3.63) is 23.8 Å². The summed E-state index contributed by atoms with van der Waals surface area (Å²) >= 11 is 0. The van der Waals surface area contributed by atoms with Crippen LogP contribution in [0.5, 0.6) is 5.75 Å². The van der Waals surface area contributed by atoms with E-state index in [1.807, 2.05) is 20.8 Å². The van der Waals surface area contributed by atoms with Crippen LogP contribution >= 0.6 is 0 Å². The van der Waals surface area contributed by atoms with E-state index in [9.17, 15) is 13.2 Å². The number of nitrogens with one attached hydrogen (secondary N) is 2. The van der Waals surface area contributed by atoms with Gasteiger partial charge in [-0.3, -0.25) is 4.79 Å². The normalized spacial score (nSPS) is 12.7. The van der Waals surface area contributed by atoms with Gasteiger partial charge in [-0.25, -0.2) is 13.1 Å². The molecule has 130 valence electrons. The van der Waals surface area contributed by atoms with Crippen LogP contribution in [0.2, 0.25) is 0 Å². The molecule has 0 aliphatic rings. The lowest BCUT2D eigenvalue weighted by Crippen LogP contribution is -2.35. The van der Waals surface area contributed by atoms with Gasteiger partial charge >= 0.3 is 0 Å². The van der Waals surface area contributed by atoms with Gasteiger partial charge in [0.15, 0.2) is 6.61 Å². The van der Waals surface area contributed by atoms with Crippen molar-refractivity contribution in [3.63, 3.8) is 0 Å². The van der Waals surface area contributed by atoms with Crippen molar-refractivity contribution in [2.45, 2.75) is 51.5 Å². The molecule has 0 spiro atoms. The molecule has 0 aliphatic carbocycles. The zero-order valence-electron chi connectivity index (χ0n) is 14.2. The Morgan fingerprint density at radius 1 is 1.30 bits per heavy atom. The number of sulfonamides is 1. The number of hydrogen-bond donors (Lipinski definition) is 2. The van der Waals surface area contributed by atoms with E-state index < -0.39 is 10.0 Å². The third-order valence-electron chi connectivity index (χ3n) is 3.38. The number of hydrogen-bond acceptors (Lipinski definition) is 4. The van der Waals surface area contributed by atoms with Crippen LogP contribution in [0.25, 0.3) is 0 Å². The third kappa shape index (κ3) is 6.19. The van der Waals surface area contributed by atoms with Crippen LogP contribution in [0.4, 0.5) is 0 Å². The highest BCUT2D eigenvalue weighted by atomic mass is 32.2. The van der Waals surface area contributed by atoms with Crippen LogP contribution in [0.1, 0.15) is 39.2 Å². The number of benzene rings is 1. The van der Waals surface area contributed by atoms with Gasteiger partial charge in [0, 0.05) is 12.6 Å². The summed E-state index contributed by atoms with van der Waals surface area (Å²) in [5.41, 5.74) is 0.667. The first-order valence-corrected chi connectivity index (χ1v) is 9.31. The quantitative estimate of drug-likeness (QED) is 0.719. The molecule has 7 heteroatoms. The van der Waals surface area contributed by atoms with Crippen LogP contribution in [-0.2, 0) is 14.8 Å². The van der Waals surface area contributed by atoms with Gasteiger partial charge in [-0.15, -0.1) is 0 Å². The molecule has 0 heterocycles. The smallest absolute Gasteiger partial charge is 0.258 e. The molecule has 0 unspecified atom stereocenters. The molecule has 6 nitrogen and oxygen atoms in total. The molecule has 1 atom stereocenters. The molecule has 1 aromatic carbocycles. The zero-order valence-corrected chi connectivity index (χ0v) is 15.0. The zero-order chi connectivity index (χ0) is 17.5. The molecule has 0 radical (unpaired) electrons. The Kier molecular flexibility index (Phi) is 7.51. The first kappa shape index (κ1) is 19.4. The Morgan fingerprint density at radius 2 is 2.00 bits per heavy atom. The number of carbonyl (C=O) groups is 1. The fourth-order valence-corrected chi connectivity index (χ4v) is 3.05. The second-order valence-corrected chi connectivity index (χ2v) is 7.26. The Labute approximate surface area is 138 Å². The van der Waals surface area contributed by atoms with Gasteiger partial charge in [-0.2, -0.15) is 0 Å².